The molecular weight excluding hydrogens is 412 g/mol. The molecule has 1 aromatic heterocycles. The molecule has 3 heterocycles. The molecule has 7 heteroatoms. The molecule has 2 aliphatic heterocycles. The predicted octanol–water partition coefficient (Wildman–Crippen LogP) is 4.21. The van der Waals surface area contributed by atoms with Crippen LogP contribution in [0.2, 0.25) is 0 Å². The summed E-state index contributed by atoms with van der Waals surface area (Å²) in [6.45, 7) is 10.9. The Balaban J connectivity index is 0.00000111. The van der Waals surface area contributed by atoms with Gasteiger partial charge in [-0.3, -0.25) is 0 Å². The van der Waals surface area contributed by atoms with E-state index in [0.29, 0.717) is 10.8 Å². The number of anilines is 3. The van der Waals surface area contributed by atoms with Crippen molar-refractivity contribution in [2.24, 2.45) is 5.41 Å². The van der Waals surface area contributed by atoms with Crippen molar-refractivity contribution in [3.8, 4) is 0 Å². The molecule has 2 aromatic rings. The Morgan fingerprint density at radius 3 is 2.58 bits per heavy atom. The van der Waals surface area contributed by atoms with Crippen molar-refractivity contribution in [3.63, 3.8) is 0 Å². The van der Waals surface area contributed by atoms with Gasteiger partial charge in [-0.15, -0.1) is 0 Å². The third-order valence-electron chi connectivity index (χ3n) is 8.07. The van der Waals surface area contributed by atoms with E-state index in [4.69, 9.17) is 10.1 Å². The van der Waals surface area contributed by atoms with Crippen molar-refractivity contribution in [2.75, 3.05) is 50.1 Å². The zero-order chi connectivity index (χ0) is 23.3. The molecule has 7 nitrogen and oxygen atoms in total. The van der Waals surface area contributed by atoms with Gasteiger partial charge in [0.05, 0.1) is 19.7 Å². The van der Waals surface area contributed by atoms with E-state index in [2.05, 4.69) is 57.3 Å². The smallest absolute Gasteiger partial charge is 0.135 e. The molecule has 1 atom stereocenters. The van der Waals surface area contributed by atoms with Gasteiger partial charge in [0.25, 0.3) is 0 Å². The fourth-order valence-corrected chi connectivity index (χ4v) is 5.82. The SMILES string of the molecule is CC.CN1CCOC2(C1)CN(c1cc(Nc3cc([C@]4(C)CC45CC5)ccc3C=N)ncn1)C2. The zero-order valence-corrected chi connectivity index (χ0v) is 20.3. The van der Waals surface area contributed by atoms with E-state index < -0.39 is 0 Å². The fourth-order valence-electron chi connectivity index (χ4n) is 5.82. The Bertz CT molecular complexity index is 1040. The highest BCUT2D eigenvalue weighted by Crippen LogP contribution is 2.78. The maximum atomic E-state index is 7.83. The summed E-state index contributed by atoms with van der Waals surface area (Å²) in [5.41, 5.74) is 3.97. The van der Waals surface area contributed by atoms with Crippen LogP contribution in [0.4, 0.5) is 17.3 Å². The normalized spacial score (nSPS) is 26.2. The van der Waals surface area contributed by atoms with Crippen molar-refractivity contribution in [2.45, 2.75) is 51.0 Å². The topological polar surface area (TPSA) is 77.4 Å². The van der Waals surface area contributed by atoms with Gasteiger partial charge >= 0.3 is 0 Å². The van der Waals surface area contributed by atoms with Crippen LogP contribution in [0.5, 0.6) is 0 Å². The number of nitrogens with one attached hydrogen (secondary N) is 2. The van der Waals surface area contributed by atoms with Gasteiger partial charge in [-0.2, -0.15) is 0 Å². The highest BCUT2D eigenvalue weighted by molar-refractivity contribution is 5.87. The lowest BCUT2D eigenvalue weighted by atomic mass is 9.92. The number of rotatable bonds is 5. The first-order chi connectivity index (χ1) is 15.9. The summed E-state index contributed by atoms with van der Waals surface area (Å²) >= 11 is 0. The third-order valence-corrected chi connectivity index (χ3v) is 8.07. The van der Waals surface area contributed by atoms with Crippen LogP contribution in [0.25, 0.3) is 0 Å². The number of morpholine rings is 1. The van der Waals surface area contributed by atoms with Crippen molar-refractivity contribution < 1.29 is 4.74 Å². The molecular formula is C26H36N6O. The highest BCUT2D eigenvalue weighted by Gasteiger charge is 2.71. The summed E-state index contributed by atoms with van der Waals surface area (Å²) in [4.78, 5) is 13.5. The van der Waals surface area contributed by atoms with Gasteiger partial charge in [-0.05, 0) is 48.8 Å². The second-order valence-electron chi connectivity index (χ2n) is 10.2. The van der Waals surface area contributed by atoms with E-state index in [1.807, 2.05) is 19.9 Å². The first-order valence-corrected chi connectivity index (χ1v) is 12.3. The van der Waals surface area contributed by atoms with Crippen molar-refractivity contribution in [1.29, 1.82) is 5.41 Å². The average molecular weight is 449 g/mol. The zero-order valence-electron chi connectivity index (χ0n) is 20.3. The van der Waals surface area contributed by atoms with Crippen molar-refractivity contribution in [3.05, 3.63) is 41.7 Å². The summed E-state index contributed by atoms with van der Waals surface area (Å²) < 4.78 is 6.09. The standard InChI is InChI=1S/C24H30N6O.C2H6/c1-22(12-23(22)5-6-23)18-4-3-17(11-25)19(9-18)28-20-10-21(27-16-26-20)30-14-24(15-30)13-29(2)7-8-31-24;1-2/h3-4,9-11,16,25H,5-8,12-15H2,1-2H3,(H,26,27,28);1-2H3/t22-;/m0./s1. The number of aromatic nitrogens is 2. The number of likely N-dealkylation sites (N-methyl/N-ethyl adjacent to an activating group) is 1. The van der Waals surface area contributed by atoms with E-state index >= 15 is 0 Å². The molecule has 176 valence electrons. The van der Waals surface area contributed by atoms with E-state index in [1.165, 1.54) is 31.0 Å². The second kappa shape index (κ2) is 8.06. The van der Waals surface area contributed by atoms with Gasteiger partial charge in [0.2, 0.25) is 0 Å². The van der Waals surface area contributed by atoms with Gasteiger partial charge in [0.15, 0.2) is 0 Å². The van der Waals surface area contributed by atoms with Crippen LogP contribution in [-0.4, -0.2) is 66.5 Å². The van der Waals surface area contributed by atoms with E-state index in [-0.39, 0.29) is 5.60 Å². The Hall–Kier alpha value is -2.51. The van der Waals surface area contributed by atoms with Gasteiger partial charge in [-0.25, -0.2) is 9.97 Å². The molecule has 2 saturated heterocycles. The van der Waals surface area contributed by atoms with Crippen LogP contribution in [-0.2, 0) is 10.2 Å². The Morgan fingerprint density at radius 2 is 1.91 bits per heavy atom. The lowest BCUT2D eigenvalue weighted by Crippen LogP contribution is -2.70. The monoisotopic (exact) mass is 448 g/mol. The minimum absolute atomic E-state index is 0.0638. The van der Waals surface area contributed by atoms with Gasteiger partial charge in [0.1, 0.15) is 23.6 Å². The predicted molar refractivity (Wildman–Crippen MR) is 133 cm³/mol. The van der Waals surface area contributed by atoms with Gasteiger partial charge in [-0.1, -0.05) is 32.9 Å². The molecule has 4 fully saturated rings. The van der Waals surface area contributed by atoms with Crippen LogP contribution < -0.4 is 10.2 Å². The molecule has 2 saturated carbocycles. The number of nitrogens with zero attached hydrogens (tertiary/aromatic N) is 4. The van der Waals surface area contributed by atoms with Crippen LogP contribution in [0.1, 0.15) is 51.2 Å². The van der Waals surface area contributed by atoms with Gasteiger partial charge in [0, 0.05) is 36.6 Å². The molecule has 6 rings (SSSR count). The molecule has 0 bridgehead atoms. The number of hydrogen-bond acceptors (Lipinski definition) is 7. The average Bonchev–Trinajstić information content (AvgIpc) is 3.71. The molecule has 33 heavy (non-hydrogen) atoms. The van der Waals surface area contributed by atoms with E-state index in [9.17, 15) is 0 Å². The molecule has 2 aliphatic carbocycles. The van der Waals surface area contributed by atoms with Crippen LogP contribution in [0, 0.1) is 10.8 Å². The highest BCUT2D eigenvalue weighted by atomic mass is 16.5. The van der Waals surface area contributed by atoms with Gasteiger partial charge < -0.3 is 25.3 Å². The minimum Gasteiger partial charge on any atom is -0.369 e. The van der Waals surface area contributed by atoms with E-state index in [1.54, 1.807) is 6.33 Å². The molecule has 4 aliphatic rings. The molecule has 0 radical (unpaired) electrons. The summed E-state index contributed by atoms with van der Waals surface area (Å²) in [6, 6.07) is 8.48. The Labute approximate surface area is 197 Å². The first kappa shape index (κ1) is 22.3. The lowest BCUT2D eigenvalue weighted by molar-refractivity contribution is -0.117. The van der Waals surface area contributed by atoms with E-state index in [0.717, 1.165) is 55.7 Å². The maximum Gasteiger partial charge on any atom is 0.135 e. The largest absolute Gasteiger partial charge is 0.369 e. The molecule has 0 unspecified atom stereocenters. The molecule has 2 N–H and O–H groups in total. The summed E-state index contributed by atoms with van der Waals surface area (Å²) in [7, 11) is 2.15. The molecule has 1 aromatic carbocycles. The molecule has 2 spiro atoms. The van der Waals surface area contributed by atoms with Crippen LogP contribution in [0.15, 0.2) is 30.6 Å². The number of benzene rings is 1. The Morgan fingerprint density at radius 1 is 1.12 bits per heavy atom. The van der Waals surface area contributed by atoms with Crippen molar-refractivity contribution >= 4 is 23.5 Å². The minimum atomic E-state index is -0.0638. The molecule has 0 amide bonds. The lowest BCUT2D eigenvalue weighted by Gasteiger charge is -2.53. The first-order valence-electron chi connectivity index (χ1n) is 12.3. The number of hydrogen-bond donors (Lipinski definition) is 2. The summed E-state index contributed by atoms with van der Waals surface area (Å²) in [6.07, 6.45) is 7.02. The van der Waals surface area contributed by atoms with Crippen LogP contribution >= 0.6 is 0 Å². The Kier molecular flexibility index (Phi) is 5.45. The summed E-state index contributed by atoms with van der Waals surface area (Å²) in [5.74, 6) is 1.67. The number of ether oxygens (including phenoxy) is 1. The maximum absolute atomic E-state index is 7.83. The third kappa shape index (κ3) is 3.81. The quantitative estimate of drug-likeness (QED) is 0.668. The fraction of sp³-hybridized carbons (Fsp3) is 0.577. The van der Waals surface area contributed by atoms with Crippen LogP contribution in [0.3, 0.4) is 0 Å². The summed E-state index contributed by atoms with van der Waals surface area (Å²) in [5, 5.41) is 11.3. The second-order valence-corrected chi connectivity index (χ2v) is 10.2. The van der Waals surface area contributed by atoms with Crippen molar-refractivity contribution in [1.82, 2.24) is 14.9 Å².